The Hall–Kier alpha value is -0.160. The molecule has 0 aromatic heterocycles. The van der Waals surface area contributed by atoms with Gasteiger partial charge in [0.1, 0.15) is 5.60 Å². The molecule has 2 saturated heterocycles. The van der Waals surface area contributed by atoms with Crippen molar-refractivity contribution in [2.75, 3.05) is 20.3 Å². The van der Waals surface area contributed by atoms with Crippen LogP contribution in [-0.2, 0) is 18.9 Å². The molecule has 0 bridgehead atoms. The summed E-state index contributed by atoms with van der Waals surface area (Å²) in [6.07, 6.45) is 6.59. The van der Waals surface area contributed by atoms with Gasteiger partial charge in [-0.05, 0) is 19.3 Å². The van der Waals surface area contributed by atoms with Crippen LogP contribution in [0.25, 0.3) is 0 Å². The van der Waals surface area contributed by atoms with Crippen LogP contribution in [0.4, 0.5) is 0 Å². The lowest BCUT2D eigenvalue weighted by atomic mass is 9.49. The Balaban J connectivity index is 1.66. The Morgan fingerprint density at radius 3 is 2.74 bits per heavy atom. The van der Waals surface area contributed by atoms with Gasteiger partial charge >= 0.3 is 0 Å². The maximum Gasteiger partial charge on any atom is 0.201 e. The van der Waals surface area contributed by atoms with E-state index in [0.29, 0.717) is 37.3 Å². The first-order valence-corrected chi connectivity index (χ1v) is 7.77. The van der Waals surface area contributed by atoms with E-state index in [-0.39, 0.29) is 5.60 Å². The average Bonchev–Trinajstić information content (AvgIpc) is 3.00. The van der Waals surface area contributed by atoms with Crippen LogP contribution in [0.3, 0.4) is 0 Å². The number of ether oxygens (including phenoxy) is 4. The van der Waals surface area contributed by atoms with Gasteiger partial charge in [0.05, 0.1) is 25.4 Å². The van der Waals surface area contributed by atoms with Crippen molar-refractivity contribution >= 4 is 0 Å². The Kier molecular flexibility index (Phi) is 2.76. The highest BCUT2D eigenvalue weighted by Gasteiger charge is 2.81. The molecule has 0 radical (unpaired) electrons. The topological polar surface area (TPSA) is 40.2 Å². The van der Waals surface area contributed by atoms with Gasteiger partial charge in [-0.3, -0.25) is 0 Å². The van der Waals surface area contributed by atoms with Crippen molar-refractivity contribution in [2.45, 2.75) is 62.6 Å². The monoisotopic (exact) mass is 268 g/mol. The van der Waals surface area contributed by atoms with E-state index in [0.717, 1.165) is 12.8 Å². The molecule has 0 amide bonds. The molecule has 0 N–H and O–H groups in total. The van der Waals surface area contributed by atoms with Gasteiger partial charge in [0.25, 0.3) is 0 Å². The molecule has 0 aromatic carbocycles. The average molecular weight is 268 g/mol. The van der Waals surface area contributed by atoms with Gasteiger partial charge in [-0.15, -0.1) is 0 Å². The van der Waals surface area contributed by atoms with Crippen molar-refractivity contribution < 1.29 is 18.9 Å². The van der Waals surface area contributed by atoms with Crippen molar-refractivity contribution in [1.29, 1.82) is 0 Å². The maximum absolute atomic E-state index is 6.11. The van der Waals surface area contributed by atoms with Crippen LogP contribution in [0, 0.1) is 11.8 Å². The minimum absolute atomic E-state index is 0.250. The van der Waals surface area contributed by atoms with Crippen molar-refractivity contribution in [3.63, 3.8) is 0 Å². The molecular weight excluding hydrogens is 244 g/mol. The molecule has 2 heterocycles. The number of rotatable bonds is 4. The van der Waals surface area contributed by atoms with Crippen molar-refractivity contribution in [3.8, 4) is 0 Å². The normalized spacial score (nSPS) is 49.6. The third-order valence-corrected chi connectivity index (χ3v) is 5.78. The van der Waals surface area contributed by atoms with E-state index in [9.17, 15) is 0 Å². The smallest absolute Gasteiger partial charge is 0.201 e. The minimum Gasteiger partial charge on any atom is -0.372 e. The number of hydrogen-bond donors (Lipinski definition) is 0. The molecule has 4 aliphatic rings. The van der Waals surface area contributed by atoms with E-state index in [1.165, 1.54) is 19.3 Å². The van der Waals surface area contributed by atoms with E-state index in [4.69, 9.17) is 18.9 Å². The molecule has 1 spiro atoms. The van der Waals surface area contributed by atoms with E-state index >= 15 is 0 Å². The van der Waals surface area contributed by atoms with Crippen molar-refractivity contribution in [2.24, 2.45) is 11.8 Å². The largest absolute Gasteiger partial charge is 0.372 e. The van der Waals surface area contributed by atoms with E-state index in [1.807, 2.05) is 7.11 Å². The van der Waals surface area contributed by atoms with Crippen LogP contribution in [0.5, 0.6) is 0 Å². The van der Waals surface area contributed by atoms with Crippen molar-refractivity contribution in [3.05, 3.63) is 0 Å². The predicted octanol–water partition coefficient (Wildman–Crippen LogP) is 2.11. The summed E-state index contributed by atoms with van der Waals surface area (Å²) in [6.45, 7) is 3.65. The predicted molar refractivity (Wildman–Crippen MR) is 68.8 cm³/mol. The molecule has 0 aromatic rings. The summed E-state index contributed by atoms with van der Waals surface area (Å²) in [5.41, 5.74) is -0.250. The number of unbranched alkanes of at least 4 members (excludes halogenated alkanes) is 1. The van der Waals surface area contributed by atoms with E-state index in [2.05, 4.69) is 6.92 Å². The Labute approximate surface area is 114 Å². The summed E-state index contributed by atoms with van der Waals surface area (Å²) in [6, 6.07) is 0. The molecule has 4 fully saturated rings. The van der Waals surface area contributed by atoms with Gasteiger partial charge in [0.2, 0.25) is 5.79 Å². The van der Waals surface area contributed by atoms with Gasteiger partial charge < -0.3 is 18.9 Å². The summed E-state index contributed by atoms with van der Waals surface area (Å²) < 4.78 is 24.1. The summed E-state index contributed by atoms with van der Waals surface area (Å²) >= 11 is 0. The zero-order chi connectivity index (χ0) is 13.1. The molecule has 2 aliphatic heterocycles. The minimum atomic E-state index is -0.474. The van der Waals surface area contributed by atoms with Crippen LogP contribution >= 0.6 is 0 Å². The third-order valence-electron chi connectivity index (χ3n) is 5.78. The van der Waals surface area contributed by atoms with Gasteiger partial charge in [-0.1, -0.05) is 19.8 Å². The van der Waals surface area contributed by atoms with Gasteiger partial charge in [0, 0.05) is 18.9 Å². The molecule has 2 aliphatic carbocycles. The quantitative estimate of drug-likeness (QED) is 0.732. The zero-order valence-corrected chi connectivity index (χ0v) is 11.9. The van der Waals surface area contributed by atoms with Crippen LogP contribution < -0.4 is 0 Å². The SMILES string of the molecule is CCCCC1C2C3OC3CCC2(OC)C12OCCO2. The van der Waals surface area contributed by atoms with Crippen LogP contribution in [-0.4, -0.2) is 43.9 Å². The molecule has 19 heavy (non-hydrogen) atoms. The fourth-order valence-electron chi connectivity index (χ4n) is 4.97. The second-order valence-electron chi connectivity index (χ2n) is 6.41. The molecule has 4 nitrogen and oxygen atoms in total. The Bertz CT molecular complexity index is 365. The molecule has 5 unspecified atom stereocenters. The maximum atomic E-state index is 6.11. The van der Waals surface area contributed by atoms with Crippen LogP contribution in [0.2, 0.25) is 0 Å². The molecular formula is C15H24O4. The zero-order valence-electron chi connectivity index (χ0n) is 11.9. The number of hydrogen-bond acceptors (Lipinski definition) is 4. The summed E-state index contributed by atoms with van der Waals surface area (Å²) in [5, 5.41) is 0. The lowest BCUT2D eigenvalue weighted by Crippen LogP contribution is -2.79. The van der Waals surface area contributed by atoms with E-state index < -0.39 is 5.79 Å². The fraction of sp³-hybridized carbons (Fsp3) is 1.00. The first-order valence-electron chi connectivity index (χ1n) is 7.77. The number of epoxide rings is 1. The highest BCUT2D eigenvalue weighted by Crippen LogP contribution is 2.68. The second kappa shape index (κ2) is 4.17. The second-order valence-corrected chi connectivity index (χ2v) is 6.41. The number of fused-ring (bicyclic) bond motifs is 4. The lowest BCUT2D eigenvalue weighted by molar-refractivity contribution is -0.406. The molecule has 4 heteroatoms. The van der Waals surface area contributed by atoms with Gasteiger partial charge in [0.15, 0.2) is 0 Å². The standard InChI is InChI=1S/C15H24O4/c1-3-4-5-10-12-13-11(19-13)6-7-14(12,16-2)15(10)17-8-9-18-15/h10-13H,3-9H2,1-2H3. The molecule has 108 valence electrons. The number of methoxy groups -OCH3 is 1. The molecule has 4 rings (SSSR count). The van der Waals surface area contributed by atoms with E-state index in [1.54, 1.807) is 0 Å². The first kappa shape index (κ1) is 12.6. The summed E-state index contributed by atoms with van der Waals surface area (Å²) in [5.74, 6) is 0.449. The van der Waals surface area contributed by atoms with Gasteiger partial charge in [-0.2, -0.15) is 0 Å². The fourth-order valence-corrected chi connectivity index (χ4v) is 4.97. The highest BCUT2D eigenvalue weighted by molar-refractivity contribution is 5.25. The van der Waals surface area contributed by atoms with Gasteiger partial charge in [-0.25, -0.2) is 0 Å². The summed E-state index contributed by atoms with van der Waals surface area (Å²) in [7, 11) is 1.82. The highest BCUT2D eigenvalue weighted by atomic mass is 16.8. The lowest BCUT2D eigenvalue weighted by Gasteiger charge is -2.66. The Morgan fingerprint density at radius 2 is 2.05 bits per heavy atom. The Morgan fingerprint density at radius 1 is 1.26 bits per heavy atom. The van der Waals surface area contributed by atoms with Crippen LogP contribution in [0.1, 0.15) is 39.0 Å². The molecule has 2 saturated carbocycles. The van der Waals surface area contributed by atoms with Crippen molar-refractivity contribution in [1.82, 2.24) is 0 Å². The van der Waals surface area contributed by atoms with Crippen LogP contribution in [0.15, 0.2) is 0 Å². The first-order chi connectivity index (χ1) is 9.29. The molecule has 5 atom stereocenters. The summed E-state index contributed by atoms with van der Waals surface area (Å²) in [4.78, 5) is 0. The third kappa shape index (κ3) is 1.39.